The molecule has 0 aromatic heterocycles. The van der Waals surface area contributed by atoms with Crippen molar-refractivity contribution < 1.29 is 14.3 Å². The van der Waals surface area contributed by atoms with Crippen LogP contribution >= 0.6 is 15.9 Å². The Balaban J connectivity index is 2.12. The van der Waals surface area contributed by atoms with Gasteiger partial charge in [0.25, 0.3) is 0 Å². The molecule has 0 fully saturated rings. The predicted octanol–water partition coefficient (Wildman–Crippen LogP) is 5.34. The molecule has 1 N–H and O–H groups in total. The molecule has 2 aromatic rings. The van der Waals surface area contributed by atoms with Crippen molar-refractivity contribution >= 4 is 27.5 Å². The smallest absolute Gasteiger partial charge is 0.225 e. The summed E-state index contributed by atoms with van der Waals surface area (Å²) in [4.78, 5) is 12.3. The largest absolute Gasteiger partial charge is 0.490 e. The minimum Gasteiger partial charge on any atom is -0.490 e. The molecule has 0 saturated carbocycles. The van der Waals surface area contributed by atoms with Gasteiger partial charge in [-0.05, 0) is 84.1 Å². The zero-order valence-corrected chi connectivity index (χ0v) is 17.2. The van der Waals surface area contributed by atoms with E-state index in [1.165, 1.54) is 11.1 Å². The van der Waals surface area contributed by atoms with E-state index in [4.69, 9.17) is 9.47 Å². The summed E-state index contributed by atoms with van der Waals surface area (Å²) >= 11 is 3.61. The average molecular weight is 418 g/mol. The van der Waals surface area contributed by atoms with Crippen molar-refractivity contribution in [2.24, 2.45) is 0 Å². The summed E-state index contributed by atoms with van der Waals surface area (Å²) in [5.74, 6) is 1.44. The average Bonchev–Trinajstić information content (AvgIpc) is 2.59. The third-order valence-electron chi connectivity index (χ3n) is 4.73. The molecule has 0 unspecified atom stereocenters. The van der Waals surface area contributed by atoms with E-state index in [2.05, 4.69) is 47.2 Å². The molecule has 5 heteroatoms. The highest BCUT2D eigenvalue weighted by atomic mass is 79.9. The zero-order valence-electron chi connectivity index (χ0n) is 15.6. The highest BCUT2D eigenvalue weighted by Crippen LogP contribution is 2.44. The van der Waals surface area contributed by atoms with Crippen LogP contribution in [0.4, 0.5) is 5.69 Å². The van der Waals surface area contributed by atoms with Crippen molar-refractivity contribution in [2.45, 2.75) is 40.0 Å². The molecular formula is C21H24BrNO3. The summed E-state index contributed by atoms with van der Waals surface area (Å²) < 4.78 is 12.4. The SMILES string of the molecule is CCOc1cc([C@@H]2CC(=O)Nc3cc(C)c(C)cc32)cc(Br)c1OCC. The fourth-order valence-electron chi connectivity index (χ4n) is 3.37. The molecule has 26 heavy (non-hydrogen) atoms. The minimum atomic E-state index is -0.00997. The minimum absolute atomic E-state index is 0.00997. The van der Waals surface area contributed by atoms with Gasteiger partial charge in [0.1, 0.15) is 0 Å². The van der Waals surface area contributed by atoms with E-state index < -0.39 is 0 Å². The van der Waals surface area contributed by atoms with Crippen LogP contribution in [0.2, 0.25) is 0 Å². The second-order valence-electron chi connectivity index (χ2n) is 6.52. The van der Waals surface area contributed by atoms with E-state index in [0.29, 0.717) is 31.1 Å². The fraction of sp³-hybridized carbons (Fsp3) is 0.381. The molecule has 2 aromatic carbocycles. The lowest BCUT2D eigenvalue weighted by molar-refractivity contribution is -0.116. The quantitative estimate of drug-likeness (QED) is 0.713. The maximum absolute atomic E-state index is 12.3. The molecule has 0 radical (unpaired) electrons. The van der Waals surface area contributed by atoms with Crippen LogP contribution < -0.4 is 14.8 Å². The molecule has 3 rings (SSSR count). The van der Waals surface area contributed by atoms with Crippen LogP contribution in [0.25, 0.3) is 0 Å². The second-order valence-corrected chi connectivity index (χ2v) is 7.38. The standard InChI is InChI=1S/C21H24BrNO3/c1-5-25-19-10-14(9-17(22)21(19)26-6-2)15-11-20(24)23-18-8-13(4)12(3)7-16(15)18/h7-10,15H,5-6,11H2,1-4H3,(H,23,24)/t15-/m0/s1. The van der Waals surface area contributed by atoms with Gasteiger partial charge < -0.3 is 14.8 Å². The number of fused-ring (bicyclic) bond motifs is 1. The third-order valence-corrected chi connectivity index (χ3v) is 5.32. The number of aryl methyl sites for hydroxylation is 2. The number of halogens is 1. The number of amides is 1. The highest BCUT2D eigenvalue weighted by molar-refractivity contribution is 9.10. The number of nitrogens with one attached hydrogen (secondary N) is 1. The van der Waals surface area contributed by atoms with Crippen LogP contribution in [0, 0.1) is 13.8 Å². The molecule has 0 spiro atoms. The molecule has 138 valence electrons. The van der Waals surface area contributed by atoms with Gasteiger partial charge in [0.05, 0.1) is 17.7 Å². The van der Waals surface area contributed by atoms with Gasteiger partial charge >= 0.3 is 0 Å². The molecule has 1 aliphatic heterocycles. The first-order valence-electron chi connectivity index (χ1n) is 8.94. The van der Waals surface area contributed by atoms with Crippen molar-refractivity contribution in [3.63, 3.8) is 0 Å². The Morgan fingerprint density at radius 2 is 1.77 bits per heavy atom. The summed E-state index contributed by atoms with van der Waals surface area (Å²) in [6, 6.07) is 8.28. The van der Waals surface area contributed by atoms with E-state index in [0.717, 1.165) is 21.3 Å². The lowest BCUT2D eigenvalue weighted by Gasteiger charge is -2.28. The third kappa shape index (κ3) is 3.58. The van der Waals surface area contributed by atoms with E-state index in [1.54, 1.807) is 0 Å². The summed E-state index contributed by atoms with van der Waals surface area (Å²) in [6.45, 7) is 9.17. The zero-order chi connectivity index (χ0) is 18.8. The fourth-order valence-corrected chi connectivity index (χ4v) is 3.94. The van der Waals surface area contributed by atoms with Crippen LogP contribution in [-0.2, 0) is 4.79 Å². The Morgan fingerprint density at radius 3 is 2.46 bits per heavy atom. The number of benzene rings is 2. The first-order chi connectivity index (χ1) is 12.4. The number of carbonyl (C=O) groups is 1. The first kappa shape index (κ1) is 18.8. The number of hydrogen-bond acceptors (Lipinski definition) is 3. The summed E-state index contributed by atoms with van der Waals surface area (Å²) in [7, 11) is 0. The van der Waals surface area contributed by atoms with Crippen LogP contribution in [0.15, 0.2) is 28.7 Å². The molecule has 1 aliphatic rings. The topological polar surface area (TPSA) is 47.6 Å². The molecule has 1 amide bonds. The maximum atomic E-state index is 12.3. The van der Waals surface area contributed by atoms with Crippen molar-refractivity contribution in [1.82, 2.24) is 0 Å². The van der Waals surface area contributed by atoms with E-state index >= 15 is 0 Å². The van der Waals surface area contributed by atoms with Crippen molar-refractivity contribution in [3.05, 3.63) is 51.0 Å². The Labute approximate surface area is 163 Å². The van der Waals surface area contributed by atoms with Gasteiger partial charge in [0, 0.05) is 18.0 Å². The van der Waals surface area contributed by atoms with Crippen molar-refractivity contribution in [2.75, 3.05) is 18.5 Å². The van der Waals surface area contributed by atoms with Gasteiger partial charge in [-0.15, -0.1) is 0 Å². The molecular weight excluding hydrogens is 394 g/mol. The molecule has 4 nitrogen and oxygen atoms in total. The number of rotatable bonds is 5. The second kappa shape index (κ2) is 7.70. The van der Waals surface area contributed by atoms with Gasteiger partial charge in [0.2, 0.25) is 5.91 Å². The molecule has 1 heterocycles. The van der Waals surface area contributed by atoms with Gasteiger partial charge in [0.15, 0.2) is 11.5 Å². The van der Waals surface area contributed by atoms with E-state index in [-0.39, 0.29) is 11.8 Å². The first-order valence-corrected chi connectivity index (χ1v) is 9.73. The van der Waals surface area contributed by atoms with Crippen molar-refractivity contribution in [3.8, 4) is 11.5 Å². The highest BCUT2D eigenvalue weighted by Gasteiger charge is 2.28. The van der Waals surface area contributed by atoms with Crippen LogP contribution in [0.1, 0.15) is 48.4 Å². The Morgan fingerprint density at radius 1 is 1.08 bits per heavy atom. The normalized spacial score (nSPS) is 16.0. The van der Waals surface area contributed by atoms with Gasteiger partial charge in [-0.3, -0.25) is 4.79 Å². The van der Waals surface area contributed by atoms with Crippen LogP contribution in [0.3, 0.4) is 0 Å². The van der Waals surface area contributed by atoms with Gasteiger partial charge in [-0.1, -0.05) is 6.07 Å². The van der Waals surface area contributed by atoms with Crippen LogP contribution in [-0.4, -0.2) is 19.1 Å². The molecule has 0 bridgehead atoms. The molecule has 1 atom stereocenters. The maximum Gasteiger partial charge on any atom is 0.225 e. The van der Waals surface area contributed by atoms with Gasteiger partial charge in [-0.25, -0.2) is 0 Å². The molecule has 0 aliphatic carbocycles. The van der Waals surface area contributed by atoms with Crippen LogP contribution in [0.5, 0.6) is 11.5 Å². The lowest BCUT2D eigenvalue weighted by Crippen LogP contribution is -2.24. The Kier molecular flexibility index (Phi) is 5.56. The number of anilines is 1. The van der Waals surface area contributed by atoms with Crippen molar-refractivity contribution in [1.29, 1.82) is 0 Å². The van der Waals surface area contributed by atoms with E-state index in [1.807, 2.05) is 26.0 Å². The Bertz CT molecular complexity index is 848. The monoisotopic (exact) mass is 417 g/mol. The lowest BCUT2D eigenvalue weighted by atomic mass is 9.83. The summed E-state index contributed by atoms with van der Waals surface area (Å²) in [5.41, 5.74) is 5.49. The predicted molar refractivity (Wildman–Crippen MR) is 107 cm³/mol. The number of ether oxygens (including phenoxy) is 2. The molecule has 0 saturated heterocycles. The summed E-state index contributed by atoms with van der Waals surface area (Å²) in [5, 5.41) is 3.01. The summed E-state index contributed by atoms with van der Waals surface area (Å²) in [6.07, 6.45) is 0.418. The van der Waals surface area contributed by atoms with Gasteiger partial charge in [-0.2, -0.15) is 0 Å². The number of carbonyl (C=O) groups excluding carboxylic acids is 1. The Hall–Kier alpha value is -2.01. The number of hydrogen-bond donors (Lipinski definition) is 1. The van der Waals surface area contributed by atoms with E-state index in [9.17, 15) is 4.79 Å².